The van der Waals surface area contributed by atoms with Crippen LogP contribution in [0, 0.1) is 0 Å². The minimum atomic E-state index is 0.385. The Kier molecular flexibility index (Phi) is 4.12. The van der Waals surface area contributed by atoms with Gasteiger partial charge in [-0.25, -0.2) is 15.0 Å². The van der Waals surface area contributed by atoms with Crippen molar-refractivity contribution < 1.29 is 0 Å². The van der Waals surface area contributed by atoms with E-state index in [0.29, 0.717) is 5.92 Å². The van der Waals surface area contributed by atoms with Crippen LogP contribution >= 0.6 is 11.3 Å². The SMILES string of the molecule is c1c[nH]c(-c2nccnc2[C@@H]2CCCN(Cc3cscn3)C2)n1. The highest BCUT2D eigenvalue weighted by molar-refractivity contribution is 7.07. The minimum absolute atomic E-state index is 0.385. The zero-order valence-electron chi connectivity index (χ0n) is 12.7. The van der Waals surface area contributed by atoms with Gasteiger partial charge in [0.1, 0.15) is 5.69 Å². The topological polar surface area (TPSA) is 70.6 Å². The van der Waals surface area contributed by atoms with E-state index in [1.54, 1.807) is 29.9 Å². The van der Waals surface area contributed by atoms with E-state index in [-0.39, 0.29) is 0 Å². The second-order valence-corrected chi connectivity index (χ2v) is 6.50. The van der Waals surface area contributed by atoms with Gasteiger partial charge in [-0.2, -0.15) is 0 Å². The molecule has 1 aliphatic rings. The van der Waals surface area contributed by atoms with Gasteiger partial charge in [-0.05, 0) is 19.4 Å². The van der Waals surface area contributed by atoms with Crippen molar-refractivity contribution in [2.24, 2.45) is 0 Å². The van der Waals surface area contributed by atoms with Crippen molar-refractivity contribution >= 4 is 11.3 Å². The van der Waals surface area contributed by atoms with Gasteiger partial charge in [-0.15, -0.1) is 11.3 Å². The van der Waals surface area contributed by atoms with Crippen LogP contribution in [0.4, 0.5) is 0 Å². The molecule has 3 aromatic heterocycles. The summed E-state index contributed by atoms with van der Waals surface area (Å²) in [5.74, 6) is 1.18. The highest BCUT2D eigenvalue weighted by Crippen LogP contribution is 2.30. The van der Waals surface area contributed by atoms with Crippen molar-refractivity contribution in [3.63, 3.8) is 0 Å². The van der Waals surface area contributed by atoms with Gasteiger partial charge in [-0.1, -0.05) is 0 Å². The van der Waals surface area contributed by atoms with Crippen LogP contribution in [0.1, 0.15) is 30.1 Å². The van der Waals surface area contributed by atoms with Gasteiger partial charge >= 0.3 is 0 Å². The van der Waals surface area contributed by atoms with E-state index in [2.05, 4.69) is 35.2 Å². The molecule has 4 heterocycles. The van der Waals surface area contributed by atoms with E-state index in [9.17, 15) is 0 Å². The van der Waals surface area contributed by atoms with Crippen LogP contribution in [0.25, 0.3) is 11.5 Å². The highest BCUT2D eigenvalue weighted by Gasteiger charge is 2.26. The van der Waals surface area contributed by atoms with Gasteiger partial charge in [0.15, 0.2) is 5.82 Å². The number of nitrogens with zero attached hydrogens (tertiary/aromatic N) is 5. The van der Waals surface area contributed by atoms with E-state index in [0.717, 1.165) is 49.0 Å². The molecule has 0 aliphatic carbocycles. The number of H-pyrrole nitrogens is 1. The normalized spacial score (nSPS) is 19.0. The Morgan fingerprint density at radius 2 is 2.13 bits per heavy atom. The second-order valence-electron chi connectivity index (χ2n) is 5.78. The molecule has 1 atom stereocenters. The molecular formula is C16H18N6S. The van der Waals surface area contributed by atoms with E-state index >= 15 is 0 Å². The molecule has 1 aliphatic heterocycles. The summed E-state index contributed by atoms with van der Waals surface area (Å²) in [5, 5.41) is 2.13. The number of aromatic nitrogens is 5. The number of imidazole rings is 1. The number of hydrogen-bond donors (Lipinski definition) is 1. The maximum Gasteiger partial charge on any atom is 0.157 e. The molecule has 118 valence electrons. The predicted molar refractivity (Wildman–Crippen MR) is 89.0 cm³/mol. The van der Waals surface area contributed by atoms with Crippen molar-refractivity contribution in [1.82, 2.24) is 29.8 Å². The Balaban J connectivity index is 1.56. The van der Waals surface area contributed by atoms with Crippen molar-refractivity contribution in [1.29, 1.82) is 0 Å². The quantitative estimate of drug-likeness (QED) is 0.798. The fraction of sp³-hybridized carbons (Fsp3) is 0.375. The third-order valence-electron chi connectivity index (χ3n) is 4.21. The van der Waals surface area contributed by atoms with Crippen LogP contribution in [0.5, 0.6) is 0 Å². The number of aromatic amines is 1. The first-order chi connectivity index (χ1) is 11.4. The van der Waals surface area contributed by atoms with Gasteiger partial charge in [0.05, 0.1) is 16.9 Å². The average molecular weight is 326 g/mol. The molecular weight excluding hydrogens is 308 g/mol. The first kappa shape index (κ1) is 14.5. The fourth-order valence-corrected chi connectivity index (χ4v) is 3.74. The molecule has 0 radical (unpaired) electrons. The lowest BCUT2D eigenvalue weighted by molar-refractivity contribution is 0.197. The van der Waals surface area contributed by atoms with Gasteiger partial charge in [0.25, 0.3) is 0 Å². The zero-order chi connectivity index (χ0) is 15.5. The van der Waals surface area contributed by atoms with E-state index in [4.69, 9.17) is 0 Å². The smallest absolute Gasteiger partial charge is 0.157 e. The molecule has 6 nitrogen and oxygen atoms in total. The highest BCUT2D eigenvalue weighted by atomic mass is 32.1. The molecule has 23 heavy (non-hydrogen) atoms. The average Bonchev–Trinajstić information content (AvgIpc) is 3.29. The molecule has 7 heteroatoms. The maximum atomic E-state index is 4.63. The number of rotatable bonds is 4. The van der Waals surface area contributed by atoms with Crippen LogP contribution < -0.4 is 0 Å². The van der Waals surface area contributed by atoms with Crippen LogP contribution in [0.15, 0.2) is 35.7 Å². The minimum Gasteiger partial charge on any atom is -0.343 e. The van der Waals surface area contributed by atoms with Crippen molar-refractivity contribution in [2.45, 2.75) is 25.3 Å². The zero-order valence-corrected chi connectivity index (χ0v) is 13.5. The van der Waals surface area contributed by atoms with Gasteiger partial charge in [-0.3, -0.25) is 9.88 Å². The summed E-state index contributed by atoms with van der Waals surface area (Å²) >= 11 is 1.65. The van der Waals surface area contributed by atoms with Gasteiger partial charge in [0.2, 0.25) is 0 Å². The first-order valence-electron chi connectivity index (χ1n) is 7.80. The molecule has 0 aromatic carbocycles. The summed E-state index contributed by atoms with van der Waals surface area (Å²) in [6.45, 7) is 3.02. The summed E-state index contributed by atoms with van der Waals surface area (Å²) in [6, 6.07) is 0. The lowest BCUT2D eigenvalue weighted by Gasteiger charge is -2.32. The molecule has 0 unspecified atom stereocenters. The molecule has 0 spiro atoms. The Hall–Kier alpha value is -2.12. The molecule has 1 fully saturated rings. The maximum absolute atomic E-state index is 4.63. The number of nitrogens with one attached hydrogen (secondary N) is 1. The molecule has 4 rings (SSSR count). The van der Waals surface area contributed by atoms with Crippen molar-refractivity contribution in [3.05, 3.63) is 47.1 Å². The summed E-state index contributed by atoms with van der Waals surface area (Å²) in [4.78, 5) is 23.5. The third kappa shape index (κ3) is 3.16. The predicted octanol–water partition coefficient (Wildman–Crippen LogP) is 2.70. The Morgan fingerprint density at radius 3 is 2.96 bits per heavy atom. The Labute approximate surface area is 138 Å². The number of likely N-dealkylation sites (tertiary alicyclic amines) is 1. The summed E-state index contributed by atoms with van der Waals surface area (Å²) in [6.07, 6.45) is 9.40. The van der Waals surface area contributed by atoms with Crippen LogP contribution in [-0.4, -0.2) is 42.9 Å². The molecule has 1 N–H and O–H groups in total. The van der Waals surface area contributed by atoms with Crippen molar-refractivity contribution in [3.8, 4) is 11.5 Å². The molecule has 1 saturated heterocycles. The first-order valence-corrected chi connectivity index (χ1v) is 8.74. The van der Waals surface area contributed by atoms with Crippen LogP contribution in [0.3, 0.4) is 0 Å². The number of hydrogen-bond acceptors (Lipinski definition) is 6. The molecule has 3 aromatic rings. The van der Waals surface area contributed by atoms with Gasteiger partial charge in [0, 0.05) is 49.2 Å². The Bertz CT molecular complexity index is 740. The van der Waals surface area contributed by atoms with E-state index < -0.39 is 0 Å². The fourth-order valence-electron chi connectivity index (χ4n) is 3.19. The van der Waals surface area contributed by atoms with Crippen molar-refractivity contribution in [2.75, 3.05) is 13.1 Å². The number of thiazole rings is 1. The monoisotopic (exact) mass is 326 g/mol. The molecule has 0 bridgehead atoms. The second kappa shape index (κ2) is 6.55. The summed E-state index contributed by atoms with van der Waals surface area (Å²) in [5.41, 5.74) is 4.97. The molecule has 0 amide bonds. The summed E-state index contributed by atoms with van der Waals surface area (Å²) in [7, 11) is 0. The lowest BCUT2D eigenvalue weighted by Crippen LogP contribution is -2.34. The Morgan fingerprint density at radius 1 is 1.17 bits per heavy atom. The van der Waals surface area contributed by atoms with E-state index in [1.165, 1.54) is 6.42 Å². The largest absolute Gasteiger partial charge is 0.343 e. The molecule has 0 saturated carbocycles. The summed E-state index contributed by atoms with van der Waals surface area (Å²) < 4.78 is 0. The van der Waals surface area contributed by atoms with Crippen LogP contribution in [-0.2, 0) is 6.54 Å². The standard InChI is InChI=1S/C16H18N6S/c1-2-12(8-22(7-1)9-13-10-23-11-21-13)14-15(18-4-3-17-14)16-19-5-6-20-16/h3-6,10-12H,1-2,7-9H2,(H,19,20)/t12-/m1/s1. The van der Waals surface area contributed by atoms with E-state index in [1.807, 2.05) is 11.7 Å². The number of piperidine rings is 1. The van der Waals surface area contributed by atoms with Crippen LogP contribution in [0.2, 0.25) is 0 Å². The van der Waals surface area contributed by atoms with Gasteiger partial charge < -0.3 is 4.98 Å². The lowest BCUT2D eigenvalue weighted by atomic mass is 9.93. The third-order valence-corrected chi connectivity index (χ3v) is 4.85.